The highest BCUT2D eigenvalue weighted by Crippen LogP contribution is 2.40. The van der Waals surface area contributed by atoms with Crippen LogP contribution in [0.5, 0.6) is 0 Å². The molecule has 0 aromatic carbocycles. The van der Waals surface area contributed by atoms with Crippen molar-refractivity contribution in [2.24, 2.45) is 5.73 Å². The molecule has 2 rings (SSSR count). The van der Waals surface area contributed by atoms with Crippen LogP contribution in [0.4, 0.5) is 0 Å². The van der Waals surface area contributed by atoms with Gasteiger partial charge in [-0.2, -0.15) is 0 Å². The average molecular weight is 271 g/mol. The lowest BCUT2D eigenvalue weighted by molar-refractivity contribution is -0.124. The molecule has 94 valence electrons. The number of thiazole rings is 1. The highest BCUT2D eigenvalue weighted by Gasteiger charge is 2.43. The van der Waals surface area contributed by atoms with Crippen molar-refractivity contribution in [2.75, 3.05) is 7.05 Å². The van der Waals surface area contributed by atoms with Crippen LogP contribution in [0.15, 0.2) is 9.72 Å². The predicted octanol–water partition coefficient (Wildman–Crippen LogP) is 1.54. The standard InChI is InChI=1S/C11H17N3OS2/c1-7-6-16-10(14-7)17-8-3-4-11(5-8,13-2)9(12)15/h6,8,13H,3-5H2,1-2H3,(H2,12,15). The molecule has 0 radical (unpaired) electrons. The van der Waals surface area contributed by atoms with E-state index in [-0.39, 0.29) is 5.91 Å². The van der Waals surface area contributed by atoms with E-state index < -0.39 is 5.54 Å². The third kappa shape index (κ3) is 2.64. The maximum atomic E-state index is 11.5. The second-order valence-electron chi connectivity index (χ2n) is 4.43. The number of thioether (sulfide) groups is 1. The number of aryl methyl sites for hydroxylation is 1. The van der Waals surface area contributed by atoms with Crippen molar-refractivity contribution in [1.29, 1.82) is 0 Å². The zero-order chi connectivity index (χ0) is 12.5. The smallest absolute Gasteiger partial charge is 0.237 e. The normalized spacial score (nSPS) is 28.5. The molecule has 0 aliphatic heterocycles. The molecular weight excluding hydrogens is 254 g/mol. The molecule has 0 bridgehead atoms. The number of rotatable bonds is 4. The maximum absolute atomic E-state index is 11.5. The molecule has 1 aromatic rings. The summed E-state index contributed by atoms with van der Waals surface area (Å²) in [7, 11) is 1.81. The first-order valence-electron chi connectivity index (χ1n) is 5.63. The number of carbonyl (C=O) groups is 1. The van der Waals surface area contributed by atoms with Gasteiger partial charge in [-0.15, -0.1) is 11.3 Å². The molecule has 1 amide bonds. The fraction of sp³-hybridized carbons (Fsp3) is 0.636. The second-order valence-corrected chi connectivity index (χ2v) is 6.84. The molecule has 3 N–H and O–H groups in total. The lowest BCUT2D eigenvalue weighted by Gasteiger charge is -2.24. The fourth-order valence-electron chi connectivity index (χ4n) is 2.20. The van der Waals surface area contributed by atoms with Crippen LogP contribution in [0.2, 0.25) is 0 Å². The number of hydrogen-bond acceptors (Lipinski definition) is 5. The van der Waals surface area contributed by atoms with E-state index in [1.54, 1.807) is 23.1 Å². The minimum Gasteiger partial charge on any atom is -0.368 e. The summed E-state index contributed by atoms with van der Waals surface area (Å²) in [5.74, 6) is -0.238. The van der Waals surface area contributed by atoms with E-state index >= 15 is 0 Å². The number of nitrogens with zero attached hydrogens (tertiary/aromatic N) is 1. The van der Waals surface area contributed by atoms with E-state index in [0.29, 0.717) is 5.25 Å². The first-order chi connectivity index (χ1) is 8.05. The third-order valence-electron chi connectivity index (χ3n) is 3.28. The summed E-state index contributed by atoms with van der Waals surface area (Å²) in [4.78, 5) is 15.9. The molecule has 1 heterocycles. The minimum absolute atomic E-state index is 0.238. The van der Waals surface area contributed by atoms with Crippen LogP contribution < -0.4 is 11.1 Å². The van der Waals surface area contributed by atoms with Crippen LogP contribution in [0.25, 0.3) is 0 Å². The Morgan fingerprint density at radius 3 is 3.00 bits per heavy atom. The van der Waals surface area contributed by atoms with E-state index in [1.165, 1.54) is 0 Å². The molecule has 1 saturated carbocycles. The van der Waals surface area contributed by atoms with Crippen molar-refractivity contribution in [3.05, 3.63) is 11.1 Å². The second kappa shape index (κ2) is 4.96. The highest BCUT2D eigenvalue weighted by atomic mass is 32.2. The summed E-state index contributed by atoms with van der Waals surface area (Å²) in [6.07, 6.45) is 2.62. The summed E-state index contributed by atoms with van der Waals surface area (Å²) in [5, 5.41) is 5.58. The van der Waals surface area contributed by atoms with Crippen LogP contribution in [-0.2, 0) is 4.79 Å². The molecule has 0 spiro atoms. The van der Waals surface area contributed by atoms with E-state index in [0.717, 1.165) is 29.3 Å². The van der Waals surface area contributed by atoms with Gasteiger partial charge in [-0.1, -0.05) is 11.8 Å². The number of likely N-dealkylation sites (N-methyl/N-ethyl adjacent to an activating group) is 1. The predicted molar refractivity (Wildman–Crippen MR) is 71.3 cm³/mol. The Kier molecular flexibility index (Phi) is 3.75. The maximum Gasteiger partial charge on any atom is 0.237 e. The molecule has 6 heteroatoms. The summed E-state index contributed by atoms with van der Waals surface area (Å²) in [6.45, 7) is 2.00. The van der Waals surface area contributed by atoms with Crippen molar-refractivity contribution in [2.45, 2.75) is 41.3 Å². The van der Waals surface area contributed by atoms with Gasteiger partial charge in [0.2, 0.25) is 5.91 Å². The lowest BCUT2D eigenvalue weighted by atomic mass is 9.97. The first kappa shape index (κ1) is 12.9. The van der Waals surface area contributed by atoms with Gasteiger partial charge in [-0.3, -0.25) is 4.79 Å². The lowest BCUT2D eigenvalue weighted by Crippen LogP contribution is -2.52. The van der Waals surface area contributed by atoms with E-state index in [2.05, 4.69) is 15.7 Å². The Bertz CT molecular complexity index is 421. The molecule has 1 fully saturated rings. The molecule has 17 heavy (non-hydrogen) atoms. The highest BCUT2D eigenvalue weighted by molar-refractivity contribution is 8.01. The zero-order valence-corrected chi connectivity index (χ0v) is 11.7. The molecule has 1 aliphatic rings. The zero-order valence-electron chi connectivity index (χ0n) is 10.0. The molecule has 2 unspecified atom stereocenters. The molecule has 0 saturated heterocycles. The Hall–Kier alpha value is -0.590. The summed E-state index contributed by atoms with van der Waals surface area (Å²) in [6, 6.07) is 0. The van der Waals surface area contributed by atoms with Gasteiger partial charge in [0.15, 0.2) is 0 Å². The van der Waals surface area contributed by atoms with E-state index in [9.17, 15) is 4.79 Å². The average Bonchev–Trinajstić information content (AvgIpc) is 2.87. The summed E-state index contributed by atoms with van der Waals surface area (Å²) >= 11 is 3.43. The summed E-state index contributed by atoms with van der Waals surface area (Å²) in [5.41, 5.74) is 6.03. The first-order valence-corrected chi connectivity index (χ1v) is 7.39. The van der Waals surface area contributed by atoms with Gasteiger partial charge in [0, 0.05) is 16.3 Å². The van der Waals surface area contributed by atoms with Crippen LogP contribution >= 0.6 is 23.1 Å². The largest absolute Gasteiger partial charge is 0.368 e. The van der Waals surface area contributed by atoms with Crippen molar-refractivity contribution >= 4 is 29.0 Å². The van der Waals surface area contributed by atoms with Gasteiger partial charge in [0.25, 0.3) is 0 Å². The van der Waals surface area contributed by atoms with Crippen LogP contribution in [0.3, 0.4) is 0 Å². The van der Waals surface area contributed by atoms with Crippen LogP contribution in [0, 0.1) is 6.92 Å². The number of nitrogens with two attached hydrogens (primary N) is 1. The molecular formula is C11H17N3OS2. The Morgan fingerprint density at radius 2 is 2.53 bits per heavy atom. The number of hydrogen-bond donors (Lipinski definition) is 2. The van der Waals surface area contributed by atoms with Gasteiger partial charge < -0.3 is 11.1 Å². The fourth-order valence-corrected chi connectivity index (χ4v) is 4.58. The van der Waals surface area contributed by atoms with Gasteiger partial charge in [-0.05, 0) is 33.2 Å². The molecule has 2 atom stereocenters. The minimum atomic E-state index is -0.510. The van der Waals surface area contributed by atoms with Gasteiger partial charge in [-0.25, -0.2) is 4.98 Å². The molecule has 4 nitrogen and oxygen atoms in total. The van der Waals surface area contributed by atoms with Gasteiger partial charge in [0.05, 0.1) is 5.54 Å². The van der Waals surface area contributed by atoms with E-state index in [1.807, 2.05) is 14.0 Å². The van der Waals surface area contributed by atoms with Crippen molar-refractivity contribution in [1.82, 2.24) is 10.3 Å². The molecule has 1 aromatic heterocycles. The van der Waals surface area contributed by atoms with Gasteiger partial charge in [0.1, 0.15) is 4.34 Å². The Labute approximate surface area is 109 Å². The van der Waals surface area contributed by atoms with Gasteiger partial charge >= 0.3 is 0 Å². The van der Waals surface area contributed by atoms with E-state index in [4.69, 9.17) is 5.73 Å². The number of aromatic nitrogens is 1. The van der Waals surface area contributed by atoms with Crippen molar-refractivity contribution in [3.8, 4) is 0 Å². The number of primary amides is 1. The Morgan fingerprint density at radius 1 is 1.76 bits per heavy atom. The Balaban J connectivity index is 2.00. The molecule has 1 aliphatic carbocycles. The number of nitrogens with one attached hydrogen (secondary N) is 1. The number of carbonyl (C=O) groups excluding carboxylic acids is 1. The van der Waals surface area contributed by atoms with Crippen LogP contribution in [-0.4, -0.2) is 28.7 Å². The quantitative estimate of drug-likeness (QED) is 0.871. The third-order valence-corrected chi connectivity index (χ3v) is 5.64. The topological polar surface area (TPSA) is 68.0 Å². The monoisotopic (exact) mass is 271 g/mol. The van der Waals surface area contributed by atoms with Crippen LogP contribution in [0.1, 0.15) is 25.0 Å². The summed E-state index contributed by atoms with van der Waals surface area (Å²) < 4.78 is 1.09. The van der Waals surface area contributed by atoms with Crippen molar-refractivity contribution in [3.63, 3.8) is 0 Å². The SMILES string of the molecule is CNC1(C(N)=O)CCC(Sc2nc(C)cs2)C1. The number of amides is 1. The van der Waals surface area contributed by atoms with Crippen molar-refractivity contribution < 1.29 is 4.79 Å².